The Hall–Kier alpha value is -6.72. The average Bonchev–Trinajstić information content (AvgIpc) is 3.55. The predicted octanol–water partition coefficient (Wildman–Crippen LogP) is 10.1. The Kier molecular flexibility index (Phi) is 6.33. The molecule has 0 spiro atoms. The van der Waals surface area contributed by atoms with E-state index in [0.29, 0.717) is 17.5 Å². The van der Waals surface area contributed by atoms with Gasteiger partial charge < -0.3 is 4.57 Å². The summed E-state index contributed by atoms with van der Waals surface area (Å²) in [5, 5.41) is 2.49. The fourth-order valence-corrected chi connectivity index (χ4v) is 7.88. The first kappa shape index (κ1) is 28.3. The topological polar surface area (TPSA) is 56.5 Å². The second-order valence-electron chi connectivity index (χ2n) is 12.7. The molecule has 1 aliphatic rings. The molecule has 0 aliphatic carbocycles. The molecule has 6 aromatic carbocycles. The van der Waals surface area contributed by atoms with Gasteiger partial charge in [0.2, 0.25) is 0 Å². The molecule has 4 heterocycles. The zero-order valence-corrected chi connectivity index (χ0v) is 27.0. The Morgan fingerprint density at radius 1 is 0.420 bits per heavy atom. The van der Waals surface area contributed by atoms with E-state index in [1.165, 1.54) is 38.6 Å². The summed E-state index contributed by atoms with van der Waals surface area (Å²) in [5.41, 5.74) is 10.5. The third kappa shape index (κ3) is 4.13. The lowest BCUT2D eigenvalue weighted by atomic mass is 9.63. The lowest BCUT2D eigenvalue weighted by Gasteiger charge is -2.41. The predicted molar refractivity (Wildman–Crippen MR) is 200 cm³/mol. The lowest BCUT2D eigenvalue weighted by Crippen LogP contribution is -2.35. The van der Waals surface area contributed by atoms with Crippen molar-refractivity contribution >= 4 is 21.8 Å². The third-order valence-electron chi connectivity index (χ3n) is 10.0. The van der Waals surface area contributed by atoms with Gasteiger partial charge in [0.05, 0.1) is 22.1 Å². The highest BCUT2D eigenvalue weighted by Crippen LogP contribution is 2.54. The van der Waals surface area contributed by atoms with Crippen molar-refractivity contribution in [2.24, 2.45) is 0 Å². The van der Waals surface area contributed by atoms with Gasteiger partial charge in [-0.15, -0.1) is 0 Å². The molecule has 1 atom stereocenters. The Bertz CT molecular complexity index is 2630. The van der Waals surface area contributed by atoms with Gasteiger partial charge in [0.25, 0.3) is 0 Å². The molecule has 0 radical (unpaired) electrons. The van der Waals surface area contributed by atoms with Crippen LogP contribution in [0, 0.1) is 0 Å². The van der Waals surface area contributed by atoms with Gasteiger partial charge >= 0.3 is 0 Å². The van der Waals surface area contributed by atoms with Crippen LogP contribution < -0.4 is 0 Å². The van der Waals surface area contributed by atoms with E-state index >= 15 is 0 Å². The summed E-state index contributed by atoms with van der Waals surface area (Å²) >= 11 is 0. The molecule has 3 aromatic heterocycles. The molecular formula is C45H29N5. The van der Waals surface area contributed by atoms with Crippen LogP contribution in [-0.2, 0) is 5.41 Å². The number of fused-ring (bicyclic) bond motifs is 5. The van der Waals surface area contributed by atoms with Crippen molar-refractivity contribution in [3.63, 3.8) is 0 Å². The van der Waals surface area contributed by atoms with Crippen LogP contribution in [0.2, 0.25) is 0 Å². The summed E-state index contributed by atoms with van der Waals surface area (Å²) in [6.45, 7) is 0. The van der Waals surface area contributed by atoms with E-state index in [9.17, 15) is 0 Å². The van der Waals surface area contributed by atoms with Crippen LogP contribution in [-0.4, -0.2) is 24.5 Å². The maximum absolute atomic E-state index is 5.00. The van der Waals surface area contributed by atoms with E-state index in [0.717, 1.165) is 27.8 Å². The summed E-state index contributed by atoms with van der Waals surface area (Å²) in [6, 6.07) is 57.5. The summed E-state index contributed by atoms with van der Waals surface area (Å²) in [5.74, 6) is 1.92. The third-order valence-corrected chi connectivity index (χ3v) is 10.0. The zero-order chi connectivity index (χ0) is 33.1. The minimum absolute atomic E-state index is 0.628. The maximum atomic E-state index is 5.00. The zero-order valence-electron chi connectivity index (χ0n) is 27.0. The number of benzene rings is 6. The van der Waals surface area contributed by atoms with Gasteiger partial charge in [0, 0.05) is 39.9 Å². The van der Waals surface area contributed by atoms with Crippen molar-refractivity contribution in [2.75, 3.05) is 0 Å². The van der Waals surface area contributed by atoms with Crippen LogP contribution in [0.5, 0.6) is 0 Å². The Morgan fingerprint density at radius 2 is 1.00 bits per heavy atom. The number of hydrogen-bond donors (Lipinski definition) is 0. The van der Waals surface area contributed by atoms with Crippen LogP contribution in [0.15, 0.2) is 176 Å². The van der Waals surface area contributed by atoms with Gasteiger partial charge in [-0.25, -0.2) is 15.0 Å². The average molecular weight is 640 g/mol. The quantitative estimate of drug-likeness (QED) is 0.188. The van der Waals surface area contributed by atoms with E-state index < -0.39 is 5.41 Å². The molecule has 234 valence electrons. The van der Waals surface area contributed by atoms with Gasteiger partial charge in [-0.1, -0.05) is 146 Å². The second kappa shape index (κ2) is 11.2. The number of nitrogens with zero attached hydrogens (tertiary/aromatic N) is 5. The van der Waals surface area contributed by atoms with E-state index in [-0.39, 0.29) is 0 Å². The Morgan fingerprint density at radius 3 is 1.68 bits per heavy atom. The van der Waals surface area contributed by atoms with Crippen LogP contribution in [0.4, 0.5) is 0 Å². The van der Waals surface area contributed by atoms with Crippen molar-refractivity contribution in [1.82, 2.24) is 24.5 Å². The van der Waals surface area contributed by atoms with Crippen molar-refractivity contribution in [2.45, 2.75) is 5.41 Å². The highest BCUT2D eigenvalue weighted by atomic mass is 15.0. The highest BCUT2D eigenvalue weighted by molar-refractivity contribution is 6.12. The first-order chi connectivity index (χ1) is 24.8. The van der Waals surface area contributed by atoms with Gasteiger partial charge in [-0.05, 0) is 40.5 Å². The summed E-state index contributed by atoms with van der Waals surface area (Å²) < 4.78 is 2.44. The van der Waals surface area contributed by atoms with Gasteiger partial charge in [-0.3, -0.25) is 4.98 Å². The maximum Gasteiger partial charge on any atom is 0.164 e. The van der Waals surface area contributed by atoms with Gasteiger partial charge in [0.15, 0.2) is 17.5 Å². The molecular weight excluding hydrogens is 611 g/mol. The molecule has 5 heteroatoms. The molecule has 10 rings (SSSR count). The molecule has 5 nitrogen and oxygen atoms in total. The molecule has 0 N–H and O–H groups in total. The van der Waals surface area contributed by atoms with Crippen LogP contribution in [0.3, 0.4) is 0 Å². The van der Waals surface area contributed by atoms with E-state index in [2.05, 4.69) is 107 Å². The molecule has 0 fully saturated rings. The summed E-state index contributed by atoms with van der Waals surface area (Å²) in [4.78, 5) is 19.6. The van der Waals surface area contributed by atoms with E-state index in [1.54, 1.807) is 0 Å². The van der Waals surface area contributed by atoms with E-state index in [4.69, 9.17) is 15.0 Å². The van der Waals surface area contributed by atoms with Crippen LogP contribution in [0.1, 0.15) is 22.3 Å². The van der Waals surface area contributed by atoms with Crippen LogP contribution in [0.25, 0.3) is 61.7 Å². The lowest BCUT2D eigenvalue weighted by molar-refractivity contribution is 0.723. The standard InChI is InChI=1S/C45H29N5/c1-3-13-30(14-4-1)42-47-43(31-15-5-2-6-16-31)49-44(48-42)32-24-26-33(27-25-32)45(34-17-12-28-46-29-34)37-20-8-10-23-40(37)50-39-22-9-7-18-35(39)36-19-11-21-38(45)41(36)50/h1-29H. The number of para-hydroxylation sites is 3. The smallest absolute Gasteiger partial charge is 0.164 e. The molecule has 0 saturated heterocycles. The first-order valence-corrected chi connectivity index (χ1v) is 16.8. The van der Waals surface area contributed by atoms with Gasteiger partial charge in [-0.2, -0.15) is 0 Å². The van der Waals surface area contributed by atoms with E-state index in [1.807, 2.05) is 79.1 Å². The fourth-order valence-electron chi connectivity index (χ4n) is 7.88. The van der Waals surface area contributed by atoms with Gasteiger partial charge in [0.1, 0.15) is 0 Å². The molecule has 1 unspecified atom stereocenters. The monoisotopic (exact) mass is 639 g/mol. The largest absolute Gasteiger partial charge is 0.309 e. The number of rotatable bonds is 5. The number of hydrogen-bond acceptors (Lipinski definition) is 4. The molecule has 0 bridgehead atoms. The molecule has 9 aromatic rings. The van der Waals surface area contributed by atoms with Crippen molar-refractivity contribution in [3.8, 4) is 39.9 Å². The Balaban J connectivity index is 1.22. The summed E-state index contributed by atoms with van der Waals surface area (Å²) in [6.07, 6.45) is 3.87. The van der Waals surface area contributed by atoms with Crippen molar-refractivity contribution in [3.05, 3.63) is 198 Å². The molecule has 0 amide bonds. The number of aromatic nitrogens is 5. The molecule has 50 heavy (non-hydrogen) atoms. The second-order valence-corrected chi connectivity index (χ2v) is 12.7. The van der Waals surface area contributed by atoms with Crippen molar-refractivity contribution in [1.29, 1.82) is 0 Å². The highest BCUT2D eigenvalue weighted by Gasteiger charge is 2.45. The SMILES string of the molecule is c1ccc(-c2nc(-c3ccccc3)nc(-c3ccc(C4(c5cccnc5)c5ccccc5-n5c6ccccc6c6cccc4c65)cc3)n2)cc1. The minimum Gasteiger partial charge on any atom is -0.309 e. The summed E-state index contributed by atoms with van der Waals surface area (Å²) in [7, 11) is 0. The van der Waals surface area contributed by atoms with Crippen LogP contribution >= 0.6 is 0 Å². The van der Waals surface area contributed by atoms with Crippen molar-refractivity contribution < 1.29 is 0 Å². The fraction of sp³-hybridized carbons (Fsp3) is 0.0222. The molecule has 0 saturated carbocycles. The minimum atomic E-state index is -0.628. The Labute approximate surface area is 289 Å². The first-order valence-electron chi connectivity index (χ1n) is 16.8. The molecule has 1 aliphatic heterocycles. The number of pyridine rings is 1. The normalized spacial score (nSPS) is 14.9.